The molecule has 1 aliphatic rings. The van der Waals surface area contributed by atoms with Crippen LogP contribution in [0.3, 0.4) is 0 Å². The molecule has 16 heavy (non-hydrogen) atoms. The third kappa shape index (κ3) is 1.96. The van der Waals surface area contributed by atoms with Gasteiger partial charge in [-0.25, -0.2) is 4.39 Å². The fraction of sp³-hybridized carbons (Fsp3) is 0.333. The molecule has 0 saturated carbocycles. The highest BCUT2D eigenvalue weighted by Crippen LogP contribution is 2.24. The second-order valence-corrected chi connectivity index (χ2v) is 4.00. The number of nitrogens with one attached hydrogen (secondary N) is 1. The molecule has 1 aliphatic heterocycles. The first kappa shape index (κ1) is 10.8. The van der Waals surface area contributed by atoms with Gasteiger partial charge in [0.15, 0.2) is 5.78 Å². The van der Waals surface area contributed by atoms with Gasteiger partial charge in [0.05, 0.1) is 5.56 Å². The zero-order chi connectivity index (χ0) is 11.7. The van der Waals surface area contributed by atoms with E-state index >= 15 is 0 Å². The summed E-state index contributed by atoms with van der Waals surface area (Å²) in [6.07, 6.45) is 0.388. The van der Waals surface area contributed by atoms with Gasteiger partial charge in [-0.2, -0.15) is 0 Å². The molecule has 1 fully saturated rings. The van der Waals surface area contributed by atoms with Crippen molar-refractivity contribution in [2.75, 3.05) is 6.54 Å². The Morgan fingerprint density at radius 3 is 2.75 bits per heavy atom. The zero-order valence-electron chi connectivity index (χ0n) is 8.92. The van der Waals surface area contributed by atoms with Crippen molar-refractivity contribution < 1.29 is 14.0 Å². The summed E-state index contributed by atoms with van der Waals surface area (Å²) in [5.74, 6) is -0.793. The molecule has 4 heteroatoms. The van der Waals surface area contributed by atoms with Crippen LogP contribution in [0.5, 0.6) is 0 Å². The molecular weight excluding hydrogens is 209 g/mol. The van der Waals surface area contributed by atoms with Crippen LogP contribution in [-0.2, 0) is 4.79 Å². The number of benzene rings is 1. The largest absolute Gasteiger partial charge is 0.355 e. The van der Waals surface area contributed by atoms with Gasteiger partial charge in [-0.15, -0.1) is 0 Å². The zero-order valence-corrected chi connectivity index (χ0v) is 8.92. The van der Waals surface area contributed by atoms with Crippen LogP contribution in [0.2, 0.25) is 0 Å². The van der Waals surface area contributed by atoms with Gasteiger partial charge in [-0.05, 0) is 24.6 Å². The Morgan fingerprint density at radius 1 is 1.50 bits per heavy atom. The van der Waals surface area contributed by atoms with Crippen molar-refractivity contribution in [1.82, 2.24) is 5.32 Å². The summed E-state index contributed by atoms with van der Waals surface area (Å²) in [6, 6.07) is 4.54. The van der Waals surface area contributed by atoms with Crippen molar-refractivity contribution in [3.8, 4) is 0 Å². The first-order chi connectivity index (χ1) is 7.58. The third-order valence-electron chi connectivity index (χ3n) is 2.82. The van der Waals surface area contributed by atoms with Crippen molar-refractivity contribution in [3.05, 3.63) is 35.1 Å². The van der Waals surface area contributed by atoms with Crippen molar-refractivity contribution >= 4 is 11.7 Å². The molecule has 1 heterocycles. The SMILES string of the molecule is CC(=O)c1ccc(C2CNC(=O)C2)cc1F. The van der Waals surface area contributed by atoms with Gasteiger partial charge in [-0.1, -0.05) is 6.07 Å². The summed E-state index contributed by atoms with van der Waals surface area (Å²) in [6.45, 7) is 1.87. The number of carbonyl (C=O) groups is 2. The minimum Gasteiger partial charge on any atom is -0.355 e. The molecule has 1 N–H and O–H groups in total. The molecule has 1 atom stereocenters. The maximum absolute atomic E-state index is 13.5. The van der Waals surface area contributed by atoms with Gasteiger partial charge >= 0.3 is 0 Å². The predicted molar refractivity (Wildman–Crippen MR) is 56.8 cm³/mol. The molecular formula is C12H12FNO2. The van der Waals surface area contributed by atoms with Gasteiger partial charge in [0.1, 0.15) is 5.82 Å². The van der Waals surface area contributed by atoms with Crippen LogP contribution in [0.25, 0.3) is 0 Å². The summed E-state index contributed by atoms with van der Waals surface area (Å²) >= 11 is 0. The van der Waals surface area contributed by atoms with E-state index < -0.39 is 5.82 Å². The minimum atomic E-state index is -0.510. The average Bonchev–Trinajstić information content (AvgIpc) is 2.64. The topological polar surface area (TPSA) is 46.2 Å². The van der Waals surface area contributed by atoms with Gasteiger partial charge in [0.2, 0.25) is 5.91 Å². The number of ketones is 1. The Bertz CT molecular complexity index is 456. The fourth-order valence-corrected chi connectivity index (χ4v) is 1.91. The summed E-state index contributed by atoms with van der Waals surface area (Å²) in [5.41, 5.74) is 0.863. The van der Waals surface area contributed by atoms with E-state index in [0.29, 0.717) is 13.0 Å². The van der Waals surface area contributed by atoms with E-state index in [1.165, 1.54) is 19.1 Å². The lowest BCUT2D eigenvalue weighted by Crippen LogP contribution is -2.13. The molecule has 0 aromatic heterocycles. The van der Waals surface area contributed by atoms with E-state index in [1.54, 1.807) is 6.07 Å². The number of carbonyl (C=O) groups excluding carboxylic acids is 2. The lowest BCUT2D eigenvalue weighted by molar-refractivity contribution is -0.119. The standard InChI is InChI=1S/C12H12FNO2/c1-7(15)10-3-2-8(4-11(10)13)9-5-12(16)14-6-9/h2-4,9H,5-6H2,1H3,(H,14,16). The molecule has 3 nitrogen and oxygen atoms in total. The molecule has 1 aromatic rings. The van der Waals surface area contributed by atoms with Gasteiger partial charge in [0.25, 0.3) is 0 Å². The maximum atomic E-state index is 13.5. The number of Topliss-reactive ketones (excluding diaryl/α,β-unsaturated/α-hetero) is 1. The Balaban J connectivity index is 2.27. The van der Waals surface area contributed by atoms with Crippen LogP contribution in [0.4, 0.5) is 4.39 Å². The van der Waals surface area contributed by atoms with E-state index in [0.717, 1.165) is 5.56 Å². The van der Waals surface area contributed by atoms with E-state index in [9.17, 15) is 14.0 Å². The molecule has 1 aromatic carbocycles. The van der Waals surface area contributed by atoms with Crippen LogP contribution in [0.15, 0.2) is 18.2 Å². The second kappa shape index (κ2) is 4.04. The Kier molecular flexibility index (Phi) is 2.73. The summed E-state index contributed by atoms with van der Waals surface area (Å²) < 4.78 is 13.5. The number of halogens is 1. The smallest absolute Gasteiger partial charge is 0.220 e. The van der Waals surface area contributed by atoms with Gasteiger partial charge in [-0.3, -0.25) is 9.59 Å². The van der Waals surface area contributed by atoms with E-state index in [4.69, 9.17) is 0 Å². The Morgan fingerprint density at radius 2 is 2.25 bits per heavy atom. The first-order valence-corrected chi connectivity index (χ1v) is 5.15. The number of amides is 1. The van der Waals surface area contributed by atoms with E-state index in [-0.39, 0.29) is 23.2 Å². The van der Waals surface area contributed by atoms with Crippen molar-refractivity contribution in [1.29, 1.82) is 0 Å². The average molecular weight is 221 g/mol. The van der Waals surface area contributed by atoms with Crippen molar-refractivity contribution in [2.45, 2.75) is 19.3 Å². The molecule has 84 valence electrons. The lowest BCUT2D eigenvalue weighted by Gasteiger charge is -2.08. The molecule has 0 aliphatic carbocycles. The normalized spacial score (nSPS) is 19.6. The Hall–Kier alpha value is -1.71. The highest BCUT2D eigenvalue weighted by molar-refractivity contribution is 5.94. The van der Waals surface area contributed by atoms with Crippen LogP contribution < -0.4 is 5.32 Å². The molecule has 1 amide bonds. The maximum Gasteiger partial charge on any atom is 0.220 e. The van der Waals surface area contributed by atoms with E-state index in [1.807, 2.05) is 0 Å². The first-order valence-electron chi connectivity index (χ1n) is 5.15. The second-order valence-electron chi connectivity index (χ2n) is 4.00. The Labute approximate surface area is 92.7 Å². The highest BCUT2D eigenvalue weighted by atomic mass is 19.1. The number of hydrogen-bond acceptors (Lipinski definition) is 2. The fourth-order valence-electron chi connectivity index (χ4n) is 1.91. The quantitative estimate of drug-likeness (QED) is 0.771. The molecule has 1 unspecified atom stereocenters. The molecule has 2 rings (SSSR count). The third-order valence-corrected chi connectivity index (χ3v) is 2.82. The summed E-state index contributed by atoms with van der Waals surface area (Å²) in [5, 5.41) is 2.70. The predicted octanol–water partition coefficient (Wildman–Crippen LogP) is 1.63. The van der Waals surface area contributed by atoms with Crippen LogP contribution in [0, 0.1) is 5.82 Å². The van der Waals surface area contributed by atoms with Crippen LogP contribution in [-0.4, -0.2) is 18.2 Å². The lowest BCUT2D eigenvalue weighted by atomic mass is 9.96. The van der Waals surface area contributed by atoms with Crippen LogP contribution >= 0.6 is 0 Å². The number of rotatable bonds is 2. The molecule has 0 spiro atoms. The summed E-state index contributed by atoms with van der Waals surface area (Å²) in [7, 11) is 0. The van der Waals surface area contributed by atoms with Crippen molar-refractivity contribution in [3.63, 3.8) is 0 Å². The van der Waals surface area contributed by atoms with Gasteiger partial charge in [0, 0.05) is 18.9 Å². The minimum absolute atomic E-state index is 0.0129. The van der Waals surface area contributed by atoms with E-state index in [2.05, 4.69) is 5.32 Å². The molecule has 0 radical (unpaired) electrons. The summed E-state index contributed by atoms with van der Waals surface area (Å²) in [4.78, 5) is 22.1. The molecule has 1 saturated heterocycles. The van der Waals surface area contributed by atoms with Gasteiger partial charge < -0.3 is 5.32 Å². The van der Waals surface area contributed by atoms with Crippen LogP contribution in [0.1, 0.15) is 35.2 Å². The monoisotopic (exact) mass is 221 g/mol. The van der Waals surface area contributed by atoms with Crippen molar-refractivity contribution in [2.24, 2.45) is 0 Å². The highest BCUT2D eigenvalue weighted by Gasteiger charge is 2.23. The number of hydrogen-bond donors (Lipinski definition) is 1. The molecule has 0 bridgehead atoms.